The van der Waals surface area contributed by atoms with Crippen molar-refractivity contribution in [1.82, 2.24) is 5.32 Å². The van der Waals surface area contributed by atoms with Gasteiger partial charge in [-0.2, -0.15) is 0 Å². The summed E-state index contributed by atoms with van der Waals surface area (Å²) in [6.07, 6.45) is 2.64. The van der Waals surface area contributed by atoms with Crippen molar-refractivity contribution < 1.29 is 9.53 Å². The number of fused-ring (bicyclic) bond motifs is 1. The maximum atomic E-state index is 11.9. The molecule has 24 heavy (non-hydrogen) atoms. The molecule has 2 aromatic rings. The van der Waals surface area contributed by atoms with E-state index >= 15 is 0 Å². The first-order chi connectivity index (χ1) is 11.8. The molecule has 0 aromatic heterocycles. The van der Waals surface area contributed by atoms with Gasteiger partial charge in [0.2, 0.25) is 5.91 Å². The van der Waals surface area contributed by atoms with Crippen LogP contribution >= 0.6 is 0 Å². The maximum absolute atomic E-state index is 11.9. The smallest absolute Gasteiger partial charge is 0.227 e. The van der Waals surface area contributed by atoms with E-state index in [9.17, 15) is 4.79 Å². The van der Waals surface area contributed by atoms with E-state index in [-0.39, 0.29) is 5.91 Å². The second-order valence-corrected chi connectivity index (χ2v) is 6.46. The molecule has 4 nitrogen and oxygen atoms in total. The third-order valence-corrected chi connectivity index (χ3v) is 4.71. The average Bonchev–Trinajstić information content (AvgIpc) is 3.23. The number of hydrogen-bond acceptors (Lipinski definition) is 3. The van der Waals surface area contributed by atoms with E-state index in [4.69, 9.17) is 4.74 Å². The summed E-state index contributed by atoms with van der Waals surface area (Å²) in [5.41, 5.74) is 4.82. The molecule has 2 aromatic carbocycles. The van der Waals surface area contributed by atoms with Gasteiger partial charge in [-0.25, -0.2) is 0 Å². The Bertz CT molecular complexity index is 757. The van der Waals surface area contributed by atoms with Crippen molar-refractivity contribution >= 4 is 11.6 Å². The second-order valence-electron chi connectivity index (χ2n) is 6.46. The van der Waals surface area contributed by atoms with E-state index in [1.54, 1.807) is 0 Å². The fraction of sp³-hybridized carbons (Fsp3) is 0.350. The Kier molecular flexibility index (Phi) is 4.22. The standard InChI is InChI=1S/C20H22N2O2/c23-20-5-2-9-22(20)18-4-1-3-15(12-18)13-21-14-16-6-7-19-17(11-16)8-10-24-19/h1,3-4,6-7,11-12,21H,2,5,8-10,13-14H2. The number of hydrogen-bond donors (Lipinski definition) is 1. The number of carbonyl (C=O) groups is 1. The Balaban J connectivity index is 1.37. The van der Waals surface area contributed by atoms with Crippen molar-refractivity contribution in [3.8, 4) is 5.75 Å². The van der Waals surface area contributed by atoms with E-state index in [2.05, 4.69) is 35.6 Å². The van der Waals surface area contributed by atoms with Gasteiger partial charge in [0.25, 0.3) is 0 Å². The van der Waals surface area contributed by atoms with Gasteiger partial charge < -0.3 is 15.0 Å². The molecule has 1 fully saturated rings. The predicted octanol–water partition coefficient (Wildman–Crippen LogP) is 3.04. The molecule has 1 N–H and O–H groups in total. The maximum Gasteiger partial charge on any atom is 0.227 e. The molecule has 0 atom stereocenters. The van der Waals surface area contributed by atoms with Crippen molar-refractivity contribution in [2.24, 2.45) is 0 Å². The average molecular weight is 322 g/mol. The van der Waals surface area contributed by atoms with Crippen LogP contribution in [0.1, 0.15) is 29.5 Å². The van der Waals surface area contributed by atoms with Gasteiger partial charge in [0.15, 0.2) is 0 Å². The number of anilines is 1. The first kappa shape index (κ1) is 15.2. The molecule has 0 unspecified atom stereocenters. The molecule has 2 aliphatic heterocycles. The Morgan fingerprint density at radius 3 is 2.75 bits per heavy atom. The van der Waals surface area contributed by atoms with Crippen LogP contribution in [-0.2, 0) is 24.3 Å². The van der Waals surface area contributed by atoms with Crippen molar-refractivity contribution in [3.63, 3.8) is 0 Å². The number of nitrogens with one attached hydrogen (secondary N) is 1. The molecule has 0 bridgehead atoms. The SMILES string of the molecule is O=C1CCCN1c1cccc(CNCc2ccc3c(c2)CCO3)c1. The third kappa shape index (κ3) is 3.15. The summed E-state index contributed by atoms with van der Waals surface area (Å²) >= 11 is 0. The normalized spacial score (nSPS) is 16.3. The molecule has 4 heteroatoms. The lowest BCUT2D eigenvalue weighted by atomic mass is 10.1. The minimum absolute atomic E-state index is 0.237. The molecular weight excluding hydrogens is 300 g/mol. The van der Waals surface area contributed by atoms with Crippen LogP contribution in [0, 0.1) is 0 Å². The molecule has 124 valence electrons. The highest BCUT2D eigenvalue weighted by molar-refractivity contribution is 5.95. The number of amides is 1. The number of carbonyl (C=O) groups excluding carboxylic acids is 1. The zero-order chi connectivity index (χ0) is 16.4. The summed E-state index contributed by atoms with van der Waals surface area (Å²) < 4.78 is 5.55. The number of rotatable bonds is 5. The van der Waals surface area contributed by atoms with Crippen molar-refractivity contribution in [3.05, 3.63) is 59.2 Å². The zero-order valence-corrected chi connectivity index (χ0v) is 13.8. The highest BCUT2D eigenvalue weighted by atomic mass is 16.5. The van der Waals surface area contributed by atoms with Crippen molar-refractivity contribution in [1.29, 1.82) is 0 Å². The lowest BCUT2D eigenvalue weighted by Gasteiger charge is -2.16. The zero-order valence-electron chi connectivity index (χ0n) is 13.8. The van der Waals surface area contributed by atoms with Gasteiger partial charge in [0.1, 0.15) is 5.75 Å². The Morgan fingerprint density at radius 2 is 1.92 bits per heavy atom. The Hall–Kier alpha value is -2.33. The second kappa shape index (κ2) is 6.65. The fourth-order valence-electron chi connectivity index (χ4n) is 3.46. The summed E-state index contributed by atoms with van der Waals surface area (Å²) in [6, 6.07) is 14.7. The fourth-order valence-corrected chi connectivity index (χ4v) is 3.46. The summed E-state index contributed by atoms with van der Waals surface area (Å²) in [7, 11) is 0. The molecule has 0 saturated carbocycles. The minimum atomic E-state index is 0.237. The molecule has 0 aliphatic carbocycles. The number of ether oxygens (including phenoxy) is 1. The highest BCUT2D eigenvalue weighted by Gasteiger charge is 2.21. The van der Waals surface area contributed by atoms with Gasteiger partial charge in [-0.3, -0.25) is 4.79 Å². The lowest BCUT2D eigenvalue weighted by molar-refractivity contribution is -0.117. The van der Waals surface area contributed by atoms with Gasteiger partial charge in [-0.1, -0.05) is 24.3 Å². The number of benzene rings is 2. The quantitative estimate of drug-likeness (QED) is 0.920. The molecule has 4 rings (SSSR count). The van der Waals surface area contributed by atoms with E-state index in [1.807, 2.05) is 17.0 Å². The molecule has 2 heterocycles. The van der Waals surface area contributed by atoms with E-state index in [0.717, 1.165) is 50.5 Å². The van der Waals surface area contributed by atoms with E-state index < -0.39 is 0 Å². The monoisotopic (exact) mass is 322 g/mol. The van der Waals surface area contributed by atoms with Gasteiger partial charge in [0, 0.05) is 38.2 Å². The molecule has 1 amide bonds. The Labute approximate surface area is 142 Å². The molecule has 0 spiro atoms. The first-order valence-corrected chi connectivity index (χ1v) is 8.64. The molecule has 2 aliphatic rings. The summed E-state index contributed by atoms with van der Waals surface area (Å²) in [5, 5.41) is 3.49. The summed E-state index contributed by atoms with van der Waals surface area (Å²) in [6.45, 7) is 3.27. The number of nitrogens with zero attached hydrogens (tertiary/aromatic N) is 1. The third-order valence-electron chi connectivity index (χ3n) is 4.71. The van der Waals surface area contributed by atoms with Crippen LogP contribution in [0.15, 0.2) is 42.5 Å². The minimum Gasteiger partial charge on any atom is -0.493 e. The van der Waals surface area contributed by atoms with Gasteiger partial charge in [0.05, 0.1) is 6.61 Å². The van der Waals surface area contributed by atoms with Crippen molar-refractivity contribution in [2.45, 2.75) is 32.4 Å². The van der Waals surface area contributed by atoms with E-state index in [1.165, 1.54) is 16.7 Å². The summed E-state index contributed by atoms with van der Waals surface area (Å²) in [5.74, 6) is 1.27. The van der Waals surface area contributed by atoms with Crippen LogP contribution < -0.4 is 15.0 Å². The molecule has 0 radical (unpaired) electrons. The highest BCUT2D eigenvalue weighted by Crippen LogP contribution is 2.26. The van der Waals surface area contributed by atoms with Crippen LogP contribution in [-0.4, -0.2) is 19.1 Å². The van der Waals surface area contributed by atoms with Crippen LogP contribution in [0.5, 0.6) is 5.75 Å². The van der Waals surface area contributed by atoms with Crippen LogP contribution in [0.2, 0.25) is 0 Å². The van der Waals surface area contributed by atoms with E-state index in [0.29, 0.717) is 6.42 Å². The predicted molar refractivity (Wildman–Crippen MR) is 94.2 cm³/mol. The lowest BCUT2D eigenvalue weighted by Crippen LogP contribution is -2.23. The molecular formula is C20H22N2O2. The summed E-state index contributed by atoms with van der Waals surface area (Å²) in [4.78, 5) is 13.8. The van der Waals surface area contributed by atoms with Crippen molar-refractivity contribution in [2.75, 3.05) is 18.1 Å². The van der Waals surface area contributed by atoms with Crippen LogP contribution in [0.4, 0.5) is 5.69 Å². The van der Waals surface area contributed by atoms with Crippen LogP contribution in [0.3, 0.4) is 0 Å². The largest absolute Gasteiger partial charge is 0.493 e. The van der Waals surface area contributed by atoms with Gasteiger partial charge >= 0.3 is 0 Å². The van der Waals surface area contributed by atoms with Gasteiger partial charge in [-0.05, 0) is 41.3 Å². The Morgan fingerprint density at radius 1 is 1.04 bits per heavy atom. The van der Waals surface area contributed by atoms with Crippen LogP contribution in [0.25, 0.3) is 0 Å². The first-order valence-electron chi connectivity index (χ1n) is 8.64. The van der Waals surface area contributed by atoms with Gasteiger partial charge in [-0.15, -0.1) is 0 Å². The molecule has 1 saturated heterocycles. The topological polar surface area (TPSA) is 41.6 Å².